The van der Waals surface area contributed by atoms with Crippen molar-refractivity contribution in [2.45, 2.75) is 33.1 Å². The predicted molar refractivity (Wildman–Crippen MR) is 69.2 cm³/mol. The summed E-state index contributed by atoms with van der Waals surface area (Å²) in [5.74, 6) is 0.769. The normalized spacial score (nSPS) is 10.6. The van der Waals surface area contributed by atoms with E-state index in [1.54, 1.807) is 0 Å². The molecule has 4 heteroatoms. The van der Waals surface area contributed by atoms with Crippen LogP contribution in [-0.2, 0) is 19.8 Å². The number of aryl methyl sites for hydroxylation is 1. The number of aliphatic hydroxyl groups excluding tert-OH is 1. The standard InChI is InChI=1S/C14H18N2O2/c1-2-6-16-11-15-8-13(16)10-18-14-5-3-4-12(7-14)9-17/h3-5,7-8,11,17H,2,6,9-10H2,1H3. The Balaban J connectivity index is 1.99. The predicted octanol–water partition coefficient (Wildman–Crippen LogP) is 2.36. The van der Waals surface area contributed by atoms with Crippen LogP contribution in [0.25, 0.3) is 0 Å². The first-order valence-corrected chi connectivity index (χ1v) is 6.15. The maximum atomic E-state index is 9.06. The number of aromatic nitrogens is 2. The van der Waals surface area contributed by atoms with Gasteiger partial charge >= 0.3 is 0 Å². The van der Waals surface area contributed by atoms with Gasteiger partial charge in [-0.15, -0.1) is 0 Å². The highest BCUT2D eigenvalue weighted by molar-refractivity contribution is 5.28. The SMILES string of the molecule is CCCn1cncc1COc1cccc(CO)c1. The maximum absolute atomic E-state index is 9.06. The van der Waals surface area contributed by atoms with Gasteiger partial charge in [0.25, 0.3) is 0 Å². The van der Waals surface area contributed by atoms with Crippen molar-refractivity contribution in [3.8, 4) is 5.75 Å². The quantitative estimate of drug-likeness (QED) is 0.851. The van der Waals surface area contributed by atoms with E-state index in [1.807, 2.05) is 36.8 Å². The van der Waals surface area contributed by atoms with Crippen LogP contribution in [0.15, 0.2) is 36.8 Å². The zero-order chi connectivity index (χ0) is 12.8. The molecule has 0 fully saturated rings. The van der Waals surface area contributed by atoms with Crippen molar-refractivity contribution in [1.82, 2.24) is 9.55 Å². The first-order chi connectivity index (χ1) is 8.83. The molecule has 0 saturated carbocycles. The minimum atomic E-state index is 0.0327. The molecule has 0 unspecified atom stereocenters. The van der Waals surface area contributed by atoms with Gasteiger partial charge in [0, 0.05) is 6.54 Å². The lowest BCUT2D eigenvalue weighted by atomic mass is 10.2. The van der Waals surface area contributed by atoms with Crippen LogP contribution in [0.3, 0.4) is 0 Å². The zero-order valence-electron chi connectivity index (χ0n) is 10.5. The van der Waals surface area contributed by atoms with Crippen molar-refractivity contribution in [2.75, 3.05) is 0 Å². The van der Waals surface area contributed by atoms with Crippen LogP contribution < -0.4 is 4.74 Å². The fraction of sp³-hybridized carbons (Fsp3) is 0.357. The third kappa shape index (κ3) is 3.11. The molecule has 0 amide bonds. The highest BCUT2D eigenvalue weighted by Gasteiger charge is 2.02. The van der Waals surface area contributed by atoms with Gasteiger partial charge in [-0.05, 0) is 24.1 Å². The van der Waals surface area contributed by atoms with Gasteiger partial charge in [-0.25, -0.2) is 4.98 Å². The average molecular weight is 246 g/mol. The van der Waals surface area contributed by atoms with Gasteiger partial charge in [0.1, 0.15) is 12.4 Å². The molecule has 2 rings (SSSR count). The molecule has 0 bridgehead atoms. The fourth-order valence-corrected chi connectivity index (χ4v) is 1.80. The number of benzene rings is 1. The monoisotopic (exact) mass is 246 g/mol. The van der Waals surface area contributed by atoms with E-state index in [0.717, 1.165) is 30.0 Å². The Hall–Kier alpha value is -1.81. The maximum Gasteiger partial charge on any atom is 0.130 e. The highest BCUT2D eigenvalue weighted by atomic mass is 16.5. The lowest BCUT2D eigenvalue weighted by Crippen LogP contribution is -2.05. The summed E-state index contributed by atoms with van der Waals surface area (Å²) in [6, 6.07) is 7.48. The van der Waals surface area contributed by atoms with E-state index in [2.05, 4.69) is 16.5 Å². The number of hydrogen-bond acceptors (Lipinski definition) is 3. The molecule has 0 atom stereocenters. The number of nitrogens with zero attached hydrogens (tertiary/aromatic N) is 2. The van der Waals surface area contributed by atoms with Crippen LogP contribution in [0.1, 0.15) is 24.6 Å². The van der Waals surface area contributed by atoms with Gasteiger partial charge in [0.15, 0.2) is 0 Å². The highest BCUT2D eigenvalue weighted by Crippen LogP contribution is 2.15. The van der Waals surface area contributed by atoms with Crippen molar-refractivity contribution in [3.63, 3.8) is 0 Å². The minimum Gasteiger partial charge on any atom is -0.487 e. The number of ether oxygens (including phenoxy) is 1. The summed E-state index contributed by atoms with van der Waals surface area (Å²) in [7, 11) is 0. The Morgan fingerprint density at radius 3 is 3.06 bits per heavy atom. The van der Waals surface area contributed by atoms with E-state index in [-0.39, 0.29) is 6.61 Å². The van der Waals surface area contributed by atoms with Crippen LogP contribution in [0.2, 0.25) is 0 Å². The van der Waals surface area contributed by atoms with Gasteiger partial charge in [0.05, 0.1) is 24.8 Å². The molecule has 18 heavy (non-hydrogen) atoms. The van der Waals surface area contributed by atoms with Crippen LogP contribution in [0.5, 0.6) is 5.75 Å². The van der Waals surface area contributed by atoms with E-state index in [9.17, 15) is 0 Å². The van der Waals surface area contributed by atoms with Crippen LogP contribution in [0.4, 0.5) is 0 Å². The van der Waals surface area contributed by atoms with Gasteiger partial charge in [-0.1, -0.05) is 19.1 Å². The zero-order valence-corrected chi connectivity index (χ0v) is 10.5. The smallest absolute Gasteiger partial charge is 0.130 e. The summed E-state index contributed by atoms with van der Waals surface area (Å²) >= 11 is 0. The summed E-state index contributed by atoms with van der Waals surface area (Å²) < 4.78 is 7.80. The Kier molecular flexibility index (Phi) is 4.36. The summed E-state index contributed by atoms with van der Waals surface area (Å²) in [4.78, 5) is 4.13. The van der Waals surface area contributed by atoms with Gasteiger partial charge in [-0.2, -0.15) is 0 Å². The number of imidazole rings is 1. The molecule has 2 aromatic rings. The van der Waals surface area contributed by atoms with E-state index in [1.165, 1.54) is 0 Å². The Bertz CT molecular complexity index is 494. The summed E-state index contributed by atoms with van der Waals surface area (Å²) in [6.07, 6.45) is 4.72. The van der Waals surface area contributed by atoms with E-state index in [4.69, 9.17) is 9.84 Å². The molecule has 0 aliphatic carbocycles. The van der Waals surface area contributed by atoms with E-state index in [0.29, 0.717) is 6.61 Å². The molecule has 0 aliphatic rings. The van der Waals surface area contributed by atoms with Crippen molar-refractivity contribution in [3.05, 3.63) is 48.0 Å². The fourth-order valence-electron chi connectivity index (χ4n) is 1.80. The largest absolute Gasteiger partial charge is 0.487 e. The van der Waals surface area contributed by atoms with E-state index < -0.39 is 0 Å². The number of aliphatic hydroxyl groups is 1. The van der Waals surface area contributed by atoms with Crippen LogP contribution in [-0.4, -0.2) is 14.7 Å². The second-order valence-electron chi connectivity index (χ2n) is 4.17. The van der Waals surface area contributed by atoms with Crippen molar-refractivity contribution in [2.24, 2.45) is 0 Å². The molecule has 1 heterocycles. The Labute approximate surface area is 107 Å². The molecule has 1 aromatic carbocycles. The minimum absolute atomic E-state index is 0.0327. The molecule has 96 valence electrons. The summed E-state index contributed by atoms with van der Waals surface area (Å²) in [5, 5.41) is 9.06. The number of hydrogen-bond donors (Lipinski definition) is 1. The third-order valence-electron chi connectivity index (χ3n) is 2.73. The molecule has 4 nitrogen and oxygen atoms in total. The third-order valence-corrected chi connectivity index (χ3v) is 2.73. The molecular weight excluding hydrogens is 228 g/mol. The molecule has 0 saturated heterocycles. The molecule has 0 spiro atoms. The van der Waals surface area contributed by atoms with Crippen molar-refractivity contribution < 1.29 is 9.84 Å². The second kappa shape index (κ2) is 6.21. The van der Waals surface area contributed by atoms with Crippen molar-refractivity contribution in [1.29, 1.82) is 0 Å². The summed E-state index contributed by atoms with van der Waals surface area (Å²) in [5.41, 5.74) is 1.92. The molecule has 0 aliphatic heterocycles. The first kappa shape index (κ1) is 12.6. The van der Waals surface area contributed by atoms with Crippen LogP contribution in [0, 0.1) is 0 Å². The average Bonchev–Trinajstić information content (AvgIpc) is 2.85. The second-order valence-corrected chi connectivity index (χ2v) is 4.17. The topological polar surface area (TPSA) is 47.3 Å². The van der Waals surface area contributed by atoms with Gasteiger partial charge < -0.3 is 14.4 Å². The van der Waals surface area contributed by atoms with Gasteiger partial charge in [0.2, 0.25) is 0 Å². The molecule has 0 radical (unpaired) electrons. The van der Waals surface area contributed by atoms with Gasteiger partial charge in [-0.3, -0.25) is 0 Å². The number of rotatable bonds is 6. The molecular formula is C14H18N2O2. The lowest BCUT2D eigenvalue weighted by Gasteiger charge is -2.09. The Morgan fingerprint density at radius 1 is 1.39 bits per heavy atom. The van der Waals surface area contributed by atoms with Crippen LogP contribution >= 0.6 is 0 Å². The first-order valence-electron chi connectivity index (χ1n) is 6.15. The molecule has 1 aromatic heterocycles. The summed E-state index contributed by atoms with van der Waals surface area (Å²) in [6.45, 7) is 3.62. The molecule has 1 N–H and O–H groups in total. The lowest BCUT2D eigenvalue weighted by molar-refractivity contribution is 0.276. The van der Waals surface area contributed by atoms with Crippen molar-refractivity contribution >= 4 is 0 Å². The Morgan fingerprint density at radius 2 is 2.28 bits per heavy atom. The van der Waals surface area contributed by atoms with E-state index >= 15 is 0 Å².